The number of rotatable bonds is 6. The van der Waals surface area contributed by atoms with Crippen LogP contribution >= 0.6 is 0 Å². The summed E-state index contributed by atoms with van der Waals surface area (Å²) in [5, 5.41) is 22.1. The van der Waals surface area contributed by atoms with Crippen molar-refractivity contribution in [3.63, 3.8) is 0 Å². The lowest BCUT2D eigenvalue weighted by Crippen LogP contribution is -2.47. The molecule has 1 aliphatic rings. The fraction of sp³-hybridized carbons (Fsp3) is 0.304. The monoisotopic (exact) mass is 371 g/mol. The molecule has 0 aromatic heterocycles. The van der Waals surface area contributed by atoms with E-state index in [-0.39, 0.29) is 5.57 Å². The van der Waals surface area contributed by atoms with Gasteiger partial charge in [-0.2, -0.15) is 10.5 Å². The molecule has 1 fully saturated rings. The van der Waals surface area contributed by atoms with Crippen LogP contribution in [0.5, 0.6) is 0 Å². The minimum atomic E-state index is 0.142. The lowest BCUT2D eigenvalue weighted by atomic mass is 10.1. The first kappa shape index (κ1) is 19.5. The molecule has 1 N–H and O–H groups in total. The fourth-order valence-electron chi connectivity index (χ4n) is 3.35. The predicted octanol–water partition coefficient (Wildman–Crippen LogP) is 3.16. The van der Waals surface area contributed by atoms with Crippen molar-refractivity contribution in [1.29, 1.82) is 10.5 Å². The average molecular weight is 371 g/mol. The molecule has 1 heterocycles. The van der Waals surface area contributed by atoms with Crippen molar-refractivity contribution >= 4 is 0 Å². The van der Waals surface area contributed by atoms with Gasteiger partial charge < -0.3 is 10.2 Å². The number of nitriles is 2. The first-order valence-electron chi connectivity index (χ1n) is 9.54. The van der Waals surface area contributed by atoms with Crippen LogP contribution in [-0.2, 0) is 13.1 Å². The van der Waals surface area contributed by atoms with Crippen molar-refractivity contribution in [2.24, 2.45) is 0 Å². The zero-order valence-corrected chi connectivity index (χ0v) is 16.2. The molecule has 0 aliphatic carbocycles. The van der Waals surface area contributed by atoms with Gasteiger partial charge in [-0.05, 0) is 18.1 Å². The molecule has 2 aromatic carbocycles. The highest BCUT2D eigenvalue weighted by Gasteiger charge is 2.21. The van der Waals surface area contributed by atoms with Crippen molar-refractivity contribution in [3.8, 4) is 12.1 Å². The lowest BCUT2D eigenvalue weighted by molar-refractivity contribution is 0.146. The molecular weight excluding hydrogens is 346 g/mol. The molecule has 0 unspecified atom stereocenters. The van der Waals surface area contributed by atoms with Crippen LogP contribution in [0.15, 0.2) is 66.0 Å². The van der Waals surface area contributed by atoms with E-state index in [0.29, 0.717) is 12.4 Å². The second-order valence-electron chi connectivity index (χ2n) is 7.04. The maximum Gasteiger partial charge on any atom is 0.169 e. The van der Waals surface area contributed by atoms with Crippen LogP contribution in [0.4, 0.5) is 0 Å². The molecule has 3 rings (SSSR count). The molecule has 0 spiro atoms. The van der Waals surface area contributed by atoms with Crippen molar-refractivity contribution in [2.75, 3.05) is 26.2 Å². The number of nitrogens with zero attached hydrogens (tertiary/aromatic N) is 4. The Labute approximate surface area is 167 Å². The third-order valence-electron chi connectivity index (χ3n) is 4.98. The molecular formula is C23H25N5. The Bertz CT molecular complexity index is 863. The molecule has 0 atom stereocenters. The van der Waals surface area contributed by atoms with E-state index in [9.17, 15) is 10.5 Å². The highest BCUT2D eigenvalue weighted by atomic mass is 15.3. The number of piperazine rings is 1. The van der Waals surface area contributed by atoms with Gasteiger partial charge in [0, 0.05) is 39.3 Å². The van der Waals surface area contributed by atoms with E-state index in [1.165, 1.54) is 11.1 Å². The molecule has 1 aliphatic heterocycles. The zero-order valence-electron chi connectivity index (χ0n) is 16.2. The molecule has 142 valence electrons. The second-order valence-corrected chi connectivity index (χ2v) is 7.04. The quantitative estimate of drug-likeness (QED) is 0.790. The summed E-state index contributed by atoms with van der Waals surface area (Å²) >= 11 is 0. The molecule has 5 heteroatoms. The van der Waals surface area contributed by atoms with Gasteiger partial charge in [-0.15, -0.1) is 0 Å². The van der Waals surface area contributed by atoms with Gasteiger partial charge in [-0.3, -0.25) is 4.90 Å². The summed E-state index contributed by atoms with van der Waals surface area (Å²) in [4.78, 5) is 4.53. The predicted molar refractivity (Wildman–Crippen MR) is 110 cm³/mol. The van der Waals surface area contributed by atoms with Crippen LogP contribution in [0.3, 0.4) is 0 Å². The number of aryl methyl sites for hydroxylation is 1. The smallest absolute Gasteiger partial charge is 0.169 e. The third-order valence-corrected chi connectivity index (χ3v) is 4.98. The molecule has 0 amide bonds. The third kappa shape index (κ3) is 5.13. The Hall–Kier alpha value is -3.28. The van der Waals surface area contributed by atoms with E-state index >= 15 is 0 Å². The summed E-state index contributed by atoms with van der Waals surface area (Å²) in [6.07, 6.45) is 0. The first-order valence-corrected chi connectivity index (χ1v) is 9.54. The highest BCUT2D eigenvalue weighted by Crippen LogP contribution is 2.15. The maximum atomic E-state index is 9.39. The standard InChI is InChI=1S/C23H25N5/c1-19-7-9-21(10-8-19)18-27-11-13-28(14-12-27)23(22(15-24)16-25)26-17-20-5-3-2-4-6-20/h2-10,26H,11-14,17-18H2,1H3. The van der Waals surface area contributed by atoms with Gasteiger partial charge in [-0.25, -0.2) is 0 Å². The van der Waals surface area contributed by atoms with Gasteiger partial charge in [-0.1, -0.05) is 60.2 Å². The van der Waals surface area contributed by atoms with E-state index in [4.69, 9.17) is 0 Å². The van der Waals surface area contributed by atoms with E-state index in [1.807, 2.05) is 42.5 Å². The second kappa shape index (κ2) is 9.60. The molecule has 0 bridgehead atoms. The average Bonchev–Trinajstić information content (AvgIpc) is 2.74. The maximum absolute atomic E-state index is 9.39. The summed E-state index contributed by atoms with van der Waals surface area (Å²) in [5.41, 5.74) is 3.84. The zero-order chi connectivity index (χ0) is 19.8. The number of hydrogen-bond donors (Lipinski definition) is 1. The normalized spacial score (nSPS) is 14.0. The Morgan fingerprint density at radius 3 is 2.14 bits per heavy atom. The molecule has 2 aromatic rings. The van der Waals surface area contributed by atoms with Crippen molar-refractivity contribution in [1.82, 2.24) is 15.1 Å². The van der Waals surface area contributed by atoms with E-state index < -0.39 is 0 Å². The summed E-state index contributed by atoms with van der Waals surface area (Å²) in [7, 11) is 0. The van der Waals surface area contributed by atoms with Crippen LogP contribution in [0, 0.1) is 29.6 Å². The van der Waals surface area contributed by atoms with Gasteiger partial charge >= 0.3 is 0 Å². The Kier molecular flexibility index (Phi) is 6.68. The Morgan fingerprint density at radius 2 is 1.54 bits per heavy atom. The minimum absolute atomic E-state index is 0.142. The largest absolute Gasteiger partial charge is 0.366 e. The topological polar surface area (TPSA) is 66.1 Å². The lowest BCUT2D eigenvalue weighted by Gasteiger charge is -2.37. The van der Waals surface area contributed by atoms with Crippen LogP contribution in [0.1, 0.15) is 16.7 Å². The first-order chi connectivity index (χ1) is 13.7. The molecule has 1 saturated heterocycles. The minimum Gasteiger partial charge on any atom is -0.366 e. The fourth-order valence-corrected chi connectivity index (χ4v) is 3.35. The Morgan fingerprint density at radius 1 is 0.893 bits per heavy atom. The molecule has 28 heavy (non-hydrogen) atoms. The van der Waals surface area contributed by atoms with Crippen LogP contribution < -0.4 is 5.32 Å². The number of hydrogen-bond acceptors (Lipinski definition) is 5. The van der Waals surface area contributed by atoms with E-state index in [1.54, 1.807) is 0 Å². The van der Waals surface area contributed by atoms with Gasteiger partial charge in [0.2, 0.25) is 0 Å². The number of benzene rings is 2. The van der Waals surface area contributed by atoms with Crippen LogP contribution in [0.25, 0.3) is 0 Å². The molecule has 0 radical (unpaired) electrons. The summed E-state index contributed by atoms with van der Waals surface area (Å²) in [5.74, 6) is 0.642. The number of nitrogens with one attached hydrogen (secondary N) is 1. The van der Waals surface area contributed by atoms with Gasteiger partial charge in [0.1, 0.15) is 18.0 Å². The van der Waals surface area contributed by atoms with Gasteiger partial charge in [0.15, 0.2) is 5.57 Å². The number of allylic oxidation sites excluding steroid dienone is 1. The van der Waals surface area contributed by atoms with E-state index in [0.717, 1.165) is 38.3 Å². The van der Waals surface area contributed by atoms with Crippen molar-refractivity contribution in [2.45, 2.75) is 20.0 Å². The summed E-state index contributed by atoms with van der Waals surface area (Å²) < 4.78 is 0. The SMILES string of the molecule is Cc1ccc(CN2CCN(C(NCc3ccccc3)=C(C#N)C#N)CC2)cc1. The molecule has 5 nitrogen and oxygen atoms in total. The van der Waals surface area contributed by atoms with Crippen LogP contribution in [-0.4, -0.2) is 36.0 Å². The van der Waals surface area contributed by atoms with Crippen molar-refractivity contribution in [3.05, 3.63) is 82.7 Å². The van der Waals surface area contributed by atoms with Gasteiger partial charge in [0.05, 0.1) is 0 Å². The van der Waals surface area contributed by atoms with Gasteiger partial charge in [0.25, 0.3) is 0 Å². The van der Waals surface area contributed by atoms with Crippen LogP contribution in [0.2, 0.25) is 0 Å². The summed E-state index contributed by atoms with van der Waals surface area (Å²) in [6.45, 7) is 6.98. The van der Waals surface area contributed by atoms with E-state index in [2.05, 4.69) is 46.3 Å². The van der Waals surface area contributed by atoms with Crippen molar-refractivity contribution < 1.29 is 0 Å². The highest BCUT2D eigenvalue weighted by molar-refractivity contribution is 5.39. The molecule has 0 saturated carbocycles. The summed E-state index contributed by atoms with van der Waals surface area (Å²) in [6, 6.07) is 22.7. The Balaban J connectivity index is 1.62.